The zero-order valence-corrected chi connectivity index (χ0v) is 11.2. The van der Waals surface area contributed by atoms with E-state index in [0.717, 1.165) is 25.3 Å². The Morgan fingerprint density at radius 3 is 3.06 bits per heavy atom. The van der Waals surface area contributed by atoms with Crippen LogP contribution in [0.5, 0.6) is 0 Å². The van der Waals surface area contributed by atoms with Gasteiger partial charge in [-0.05, 0) is 24.6 Å². The molecule has 1 amide bonds. The molecule has 2 rings (SSSR count). The molecule has 18 heavy (non-hydrogen) atoms. The van der Waals surface area contributed by atoms with Crippen LogP contribution in [0, 0.1) is 5.82 Å². The number of carbonyl (C=O) groups is 1. The van der Waals surface area contributed by atoms with Crippen LogP contribution in [0.2, 0.25) is 0 Å². The first-order chi connectivity index (χ1) is 8.61. The molecule has 3 nitrogen and oxygen atoms in total. The van der Waals surface area contributed by atoms with Crippen molar-refractivity contribution in [1.29, 1.82) is 0 Å². The summed E-state index contributed by atoms with van der Waals surface area (Å²) in [6, 6.07) is 3.94. The number of rotatable bonds is 2. The van der Waals surface area contributed by atoms with E-state index < -0.39 is 5.82 Å². The first kappa shape index (κ1) is 13.2. The Morgan fingerprint density at radius 1 is 1.61 bits per heavy atom. The second-order valence-electron chi connectivity index (χ2n) is 4.38. The number of hydrogen-bond acceptors (Lipinski definition) is 3. The Labute approximate surface area is 111 Å². The van der Waals surface area contributed by atoms with Gasteiger partial charge in [0.25, 0.3) is 5.91 Å². The topological polar surface area (TPSA) is 46.3 Å². The Balaban J connectivity index is 2.15. The summed E-state index contributed by atoms with van der Waals surface area (Å²) in [6.07, 6.45) is 1.05. The molecule has 0 bridgehead atoms. The minimum atomic E-state index is -0.412. The number of hydrogen-bond donors (Lipinski definition) is 1. The van der Waals surface area contributed by atoms with Crippen molar-refractivity contribution >= 4 is 23.4 Å². The molecule has 1 unspecified atom stereocenters. The molecule has 1 saturated heterocycles. The fraction of sp³-hybridized carbons (Fsp3) is 0.462. The van der Waals surface area contributed by atoms with Crippen molar-refractivity contribution in [3.8, 4) is 0 Å². The number of nitrogen functional groups attached to an aromatic ring is 1. The van der Waals surface area contributed by atoms with E-state index in [9.17, 15) is 9.18 Å². The molecular weight excluding hydrogens is 251 g/mol. The van der Waals surface area contributed by atoms with Gasteiger partial charge in [0, 0.05) is 29.8 Å². The van der Waals surface area contributed by atoms with E-state index in [-0.39, 0.29) is 11.6 Å². The Hall–Kier alpha value is -1.23. The van der Waals surface area contributed by atoms with Gasteiger partial charge < -0.3 is 10.6 Å². The largest absolute Gasteiger partial charge is 0.398 e. The van der Waals surface area contributed by atoms with E-state index in [1.807, 2.05) is 16.7 Å². The van der Waals surface area contributed by atoms with Crippen molar-refractivity contribution in [3.05, 3.63) is 29.6 Å². The molecule has 1 aromatic rings. The fourth-order valence-corrected chi connectivity index (χ4v) is 3.23. The highest BCUT2D eigenvalue weighted by Crippen LogP contribution is 2.24. The average molecular weight is 268 g/mol. The van der Waals surface area contributed by atoms with Crippen LogP contribution in [-0.2, 0) is 0 Å². The van der Waals surface area contributed by atoms with Crippen LogP contribution in [0.1, 0.15) is 23.7 Å². The van der Waals surface area contributed by atoms with Crippen molar-refractivity contribution in [2.24, 2.45) is 0 Å². The van der Waals surface area contributed by atoms with Crippen LogP contribution in [0.25, 0.3) is 0 Å². The summed E-state index contributed by atoms with van der Waals surface area (Å²) in [4.78, 5) is 14.1. The maximum absolute atomic E-state index is 13.0. The number of carbonyl (C=O) groups excluding carboxylic acids is 1. The molecule has 1 aliphatic heterocycles. The number of halogens is 1. The van der Waals surface area contributed by atoms with Crippen LogP contribution in [0.3, 0.4) is 0 Å². The number of amides is 1. The minimum absolute atomic E-state index is 0.0914. The SMILES string of the molecule is CCC1CN(C(=O)c2ccc(F)cc2N)CCS1. The minimum Gasteiger partial charge on any atom is -0.398 e. The number of anilines is 1. The quantitative estimate of drug-likeness (QED) is 0.838. The third kappa shape index (κ3) is 2.77. The number of benzene rings is 1. The number of thioether (sulfide) groups is 1. The summed E-state index contributed by atoms with van der Waals surface area (Å²) < 4.78 is 13.0. The van der Waals surface area contributed by atoms with Crippen molar-refractivity contribution in [1.82, 2.24) is 4.90 Å². The molecule has 1 fully saturated rings. The van der Waals surface area contributed by atoms with Crippen LogP contribution in [-0.4, -0.2) is 34.9 Å². The lowest BCUT2D eigenvalue weighted by Gasteiger charge is -2.32. The molecule has 0 aliphatic carbocycles. The number of nitrogens with zero attached hydrogens (tertiary/aromatic N) is 1. The average Bonchev–Trinajstić information content (AvgIpc) is 2.38. The Bertz CT molecular complexity index is 453. The monoisotopic (exact) mass is 268 g/mol. The fourth-order valence-electron chi connectivity index (χ4n) is 2.05. The van der Waals surface area contributed by atoms with Crippen molar-refractivity contribution in [3.63, 3.8) is 0 Å². The maximum Gasteiger partial charge on any atom is 0.256 e. The van der Waals surface area contributed by atoms with Gasteiger partial charge in [0.2, 0.25) is 0 Å². The predicted molar refractivity (Wildman–Crippen MR) is 73.3 cm³/mol. The van der Waals surface area contributed by atoms with E-state index in [0.29, 0.717) is 10.8 Å². The third-order valence-electron chi connectivity index (χ3n) is 3.13. The highest BCUT2D eigenvalue weighted by Gasteiger charge is 2.24. The first-order valence-corrected chi connectivity index (χ1v) is 7.12. The van der Waals surface area contributed by atoms with Gasteiger partial charge in [-0.3, -0.25) is 4.79 Å². The highest BCUT2D eigenvalue weighted by molar-refractivity contribution is 8.00. The van der Waals surface area contributed by atoms with Crippen LogP contribution < -0.4 is 5.73 Å². The van der Waals surface area contributed by atoms with E-state index in [4.69, 9.17) is 5.73 Å². The lowest BCUT2D eigenvalue weighted by molar-refractivity contribution is 0.0762. The normalized spacial score (nSPS) is 19.9. The van der Waals surface area contributed by atoms with Gasteiger partial charge in [0.15, 0.2) is 0 Å². The molecule has 1 atom stereocenters. The zero-order valence-electron chi connectivity index (χ0n) is 10.4. The van der Waals surface area contributed by atoms with E-state index in [1.54, 1.807) is 0 Å². The van der Waals surface area contributed by atoms with Crippen molar-refractivity contribution in [2.75, 3.05) is 24.6 Å². The van der Waals surface area contributed by atoms with Crippen LogP contribution in [0.4, 0.5) is 10.1 Å². The van der Waals surface area contributed by atoms with Crippen LogP contribution >= 0.6 is 11.8 Å². The van der Waals surface area contributed by atoms with E-state index in [1.165, 1.54) is 18.2 Å². The molecule has 0 saturated carbocycles. The summed E-state index contributed by atoms with van der Waals surface area (Å²) in [5.74, 6) is 0.446. The molecule has 0 spiro atoms. The molecular formula is C13H17FN2OS. The van der Waals surface area contributed by atoms with Gasteiger partial charge in [0.05, 0.1) is 5.56 Å². The molecule has 2 N–H and O–H groups in total. The van der Waals surface area contributed by atoms with Gasteiger partial charge in [-0.15, -0.1) is 0 Å². The summed E-state index contributed by atoms with van der Waals surface area (Å²) in [6.45, 7) is 3.60. The molecule has 1 aromatic carbocycles. The predicted octanol–water partition coefficient (Wildman–Crippen LogP) is 2.38. The van der Waals surface area contributed by atoms with Gasteiger partial charge in [-0.25, -0.2) is 4.39 Å². The maximum atomic E-state index is 13.0. The van der Waals surface area contributed by atoms with Gasteiger partial charge in [0.1, 0.15) is 5.82 Å². The van der Waals surface area contributed by atoms with Gasteiger partial charge >= 0.3 is 0 Å². The second-order valence-corrected chi connectivity index (χ2v) is 5.79. The van der Waals surface area contributed by atoms with Gasteiger partial charge in [-0.2, -0.15) is 11.8 Å². The molecule has 5 heteroatoms. The summed E-state index contributed by atoms with van der Waals surface area (Å²) in [7, 11) is 0. The Morgan fingerprint density at radius 2 is 2.39 bits per heavy atom. The van der Waals surface area contributed by atoms with Gasteiger partial charge in [-0.1, -0.05) is 6.92 Å². The van der Waals surface area contributed by atoms with Crippen LogP contribution in [0.15, 0.2) is 18.2 Å². The van der Waals surface area contributed by atoms with Crippen molar-refractivity contribution in [2.45, 2.75) is 18.6 Å². The second kappa shape index (κ2) is 5.61. The highest BCUT2D eigenvalue weighted by atomic mass is 32.2. The summed E-state index contributed by atoms with van der Waals surface area (Å²) in [5, 5.41) is 0.490. The molecule has 98 valence electrons. The first-order valence-electron chi connectivity index (χ1n) is 6.07. The molecule has 1 aliphatic rings. The number of nitrogens with two attached hydrogens (primary N) is 1. The molecule has 0 aromatic heterocycles. The smallest absolute Gasteiger partial charge is 0.256 e. The third-order valence-corrected chi connectivity index (χ3v) is 4.50. The van der Waals surface area contributed by atoms with E-state index in [2.05, 4.69) is 6.92 Å². The van der Waals surface area contributed by atoms with Crippen molar-refractivity contribution < 1.29 is 9.18 Å². The zero-order chi connectivity index (χ0) is 13.1. The standard InChI is InChI=1S/C13H17FN2OS/c1-2-10-8-16(5-6-18-10)13(17)11-4-3-9(14)7-12(11)15/h3-4,7,10H,2,5-6,8,15H2,1H3. The molecule has 1 heterocycles. The molecule has 0 radical (unpaired) electrons. The lowest BCUT2D eigenvalue weighted by atomic mass is 10.1. The van der Waals surface area contributed by atoms with E-state index >= 15 is 0 Å². The lowest BCUT2D eigenvalue weighted by Crippen LogP contribution is -2.42. The Kier molecular flexibility index (Phi) is 4.11. The summed E-state index contributed by atoms with van der Waals surface area (Å²) in [5.41, 5.74) is 6.32. The summed E-state index contributed by atoms with van der Waals surface area (Å²) >= 11 is 1.90.